The molecule has 0 bridgehead atoms. The van der Waals surface area contributed by atoms with Crippen LogP contribution in [0.4, 0.5) is 0 Å². The number of nitrogens with two attached hydrogens (primary N) is 1. The van der Waals surface area contributed by atoms with E-state index < -0.39 is 10.0 Å². The third-order valence-corrected chi connectivity index (χ3v) is 4.12. The quantitative estimate of drug-likeness (QED) is 0.698. The number of H-pyrrole nitrogens is 1. The van der Waals surface area contributed by atoms with Crippen LogP contribution in [0.1, 0.15) is 11.1 Å². The van der Waals surface area contributed by atoms with Gasteiger partial charge in [-0.2, -0.15) is 5.10 Å². The first-order valence-electron chi connectivity index (χ1n) is 5.36. The monoisotopic (exact) mass is 296 g/mol. The van der Waals surface area contributed by atoms with Crippen LogP contribution < -0.4 is 10.5 Å². The number of rotatable bonds is 5. The Hall–Kier alpha value is -1.77. The fourth-order valence-electron chi connectivity index (χ4n) is 1.43. The summed E-state index contributed by atoms with van der Waals surface area (Å²) in [6.45, 7) is 0.176. The molecule has 0 fully saturated rings. The van der Waals surface area contributed by atoms with Gasteiger partial charge >= 0.3 is 0 Å². The van der Waals surface area contributed by atoms with Gasteiger partial charge in [0.2, 0.25) is 10.0 Å². The Morgan fingerprint density at radius 1 is 1.37 bits per heavy atom. The van der Waals surface area contributed by atoms with E-state index in [2.05, 4.69) is 14.9 Å². The summed E-state index contributed by atoms with van der Waals surface area (Å²) in [6, 6.07) is 6.09. The molecule has 0 saturated heterocycles. The topological polar surface area (TPSA) is 101 Å². The average molecular weight is 296 g/mol. The summed E-state index contributed by atoms with van der Waals surface area (Å²) < 4.78 is 26.5. The number of hydrogen-bond acceptors (Lipinski definition) is 4. The van der Waals surface area contributed by atoms with Gasteiger partial charge in [-0.1, -0.05) is 24.4 Å². The third-order valence-electron chi connectivity index (χ3n) is 2.47. The van der Waals surface area contributed by atoms with Crippen molar-refractivity contribution in [2.75, 3.05) is 0 Å². The summed E-state index contributed by atoms with van der Waals surface area (Å²) in [5.74, 6) is 0. The van der Waals surface area contributed by atoms with Crippen LogP contribution in [0, 0.1) is 0 Å². The molecular weight excluding hydrogens is 284 g/mol. The first-order chi connectivity index (χ1) is 8.99. The van der Waals surface area contributed by atoms with Crippen LogP contribution in [-0.2, 0) is 16.6 Å². The summed E-state index contributed by atoms with van der Waals surface area (Å²) in [6.07, 6.45) is 3.18. The largest absolute Gasteiger partial charge is 0.389 e. The van der Waals surface area contributed by atoms with Crippen molar-refractivity contribution in [1.29, 1.82) is 0 Å². The predicted molar refractivity (Wildman–Crippen MR) is 74.9 cm³/mol. The van der Waals surface area contributed by atoms with Gasteiger partial charge in [0.1, 0.15) is 4.99 Å². The number of aromatic amines is 1. The van der Waals surface area contributed by atoms with Gasteiger partial charge in [-0.05, 0) is 12.1 Å². The first-order valence-corrected chi connectivity index (χ1v) is 7.25. The maximum Gasteiger partial charge on any atom is 0.240 e. The van der Waals surface area contributed by atoms with Crippen molar-refractivity contribution in [1.82, 2.24) is 14.9 Å². The molecule has 8 heteroatoms. The van der Waals surface area contributed by atoms with E-state index in [9.17, 15) is 8.42 Å². The lowest BCUT2D eigenvalue weighted by Gasteiger charge is -2.06. The first kappa shape index (κ1) is 13.7. The van der Waals surface area contributed by atoms with Crippen LogP contribution >= 0.6 is 12.2 Å². The van der Waals surface area contributed by atoms with Gasteiger partial charge in [-0.15, -0.1) is 0 Å². The Balaban J connectivity index is 2.13. The lowest BCUT2D eigenvalue weighted by Crippen LogP contribution is -2.23. The van der Waals surface area contributed by atoms with E-state index in [1.165, 1.54) is 12.1 Å². The van der Waals surface area contributed by atoms with Gasteiger partial charge in [0, 0.05) is 23.9 Å². The molecule has 0 atom stereocenters. The van der Waals surface area contributed by atoms with Crippen LogP contribution in [0.15, 0.2) is 41.6 Å². The number of hydrogen-bond donors (Lipinski definition) is 3. The van der Waals surface area contributed by atoms with Crippen molar-refractivity contribution in [3.63, 3.8) is 0 Å². The molecule has 0 aliphatic carbocycles. The van der Waals surface area contributed by atoms with Crippen molar-refractivity contribution >= 4 is 27.2 Å². The minimum absolute atomic E-state index is 0.163. The van der Waals surface area contributed by atoms with E-state index in [1.807, 2.05) is 0 Å². The highest BCUT2D eigenvalue weighted by Crippen LogP contribution is 2.11. The second-order valence-corrected chi connectivity index (χ2v) is 6.03. The van der Waals surface area contributed by atoms with Gasteiger partial charge in [-0.3, -0.25) is 5.10 Å². The Labute approximate surface area is 116 Å². The van der Waals surface area contributed by atoms with Crippen molar-refractivity contribution in [3.8, 4) is 0 Å². The summed E-state index contributed by atoms with van der Waals surface area (Å²) in [5, 5.41) is 6.35. The standard InChI is InChI=1S/C11H12N4O2S2/c12-11(18)9-1-3-10(4-2-9)19(16,17)15-7-8-5-13-14-6-8/h1-6,15H,7H2,(H2,12,18)(H,13,14). The van der Waals surface area contributed by atoms with Gasteiger partial charge in [0.05, 0.1) is 11.1 Å². The molecule has 1 aromatic heterocycles. The van der Waals surface area contributed by atoms with Crippen molar-refractivity contribution < 1.29 is 8.42 Å². The van der Waals surface area contributed by atoms with E-state index >= 15 is 0 Å². The second-order valence-electron chi connectivity index (χ2n) is 3.82. The summed E-state index contributed by atoms with van der Waals surface area (Å²) in [5.41, 5.74) is 6.83. The average Bonchev–Trinajstić information content (AvgIpc) is 2.90. The fourth-order valence-corrected chi connectivity index (χ4v) is 2.59. The maximum absolute atomic E-state index is 12.0. The Kier molecular flexibility index (Phi) is 3.93. The molecule has 1 aromatic carbocycles. The molecule has 4 N–H and O–H groups in total. The van der Waals surface area contributed by atoms with Gasteiger partial charge < -0.3 is 5.73 Å². The van der Waals surface area contributed by atoms with Gasteiger partial charge in [0.15, 0.2) is 0 Å². The number of thiocarbonyl (C=S) groups is 1. The molecule has 0 radical (unpaired) electrons. The molecule has 0 spiro atoms. The van der Waals surface area contributed by atoms with E-state index in [0.29, 0.717) is 5.56 Å². The molecule has 2 rings (SSSR count). The van der Waals surface area contributed by atoms with Crippen molar-refractivity contribution in [3.05, 3.63) is 47.8 Å². The SMILES string of the molecule is NC(=S)c1ccc(S(=O)(=O)NCc2cn[nH]c2)cc1. The van der Waals surface area contributed by atoms with Crippen LogP contribution in [0.3, 0.4) is 0 Å². The molecule has 0 saturated carbocycles. The minimum Gasteiger partial charge on any atom is -0.389 e. The smallest absolute Gasteiger partial charge is 0.240 e. The molecule has 0 aliphatic heterocycles. The number of sulfonamides is 1. The molecule has 100 valence electrons. The molecule has 19 heavy (non-hydrogen) atoms. The Morgan fingerprint density at radius 2 is 2.05 bits per heavy atom. The van der Waals surface area contributed by atoms with Crippen LogP contribution in [0.25, 0.3) is 0 Å². The van der Waals surface area contributed by atoms with Crippen LogP contribution in [0.2, 0.25) is 0 Å². The molecule has 1 heterocycles. The number of nitrogens with one attached hydrogen (secondary N) is 2. The summed E-state index contributed by atoms with van der Waals surface area (Å²) in [4.78, 5) is 0.395. The van der Waals surface area contributed by atoms with Gasteiger partial charge in [-0.25, -0.2) is 13.1 Å². The van der Waals surface area contributed by atoms with E-state index in [1.54, 1.807) is 24.5 Å². The number of benzene rings is 1. The van der Waals surface area contributed by atoms with E-state index in [4.69, 9.17) is 18.0 Å². The predicted octanol–water partition coefficient (Wildman–Crippen LogP) is 0.522. The molecule has 0 unspecified atom stereocenters. The zero-order chi connectivity index (χ0) is 13.9. The Bertz CT molecular complexity index is 663. The fraction of sp³-hybridized carbons (Fsp3) is 0.0909. The lowest BCUT2D eigenvalue weighted by molar-refractivity contribution is 0.581. The second kappa shape index (κ2) is 5.47. The van der Waals surface area contributed by atoms with E-state index in [-0.39, 0.29) is 16.4 Å². The highest BCUT2D eigenvalue weighted by molar-refractivity contribution is 7.89. The molecule has 0 amide bonds. The Morgan fingerprint density at radius 3 is 2.58 bits per heavy atom. The zero-order valence-electron chi connectivity index (χ0n) is 9.83. The third kappa shape index (κ3) is 3.37. The van der Waals surface area contributed by atoms with Crippen LogP contribution in [0.5, 0.6) is 0 Å². The molecule has 0 aliphatic rings. The maximum atomic E-state index is 12.0. The highest BCUT2D eigenvalue weighted by Gasteiger charge is 2.13. The zero-order valence-corrected chi connectivity index (χ0v) is 11.5. The van der Waals surface area contributed by atoms with Crippen molar-refractivity contribution in [2.24, 2.45) is 5.73 Å². The lowest BCUT2D eigenvalue weighted by atomic mass is 10.2. The normalized spacial score (nSPS) is 11.4. The summed E-state index contributed by atoms with van der Waals surface area (Å²) >= 11 is 4.81. The van der Waals surface area contributed by atoms with Gasteiger partial charge in [0.25, 0.3) is 0 Å². The van der Waals surface area contributed by atoms with Crippen LogP contribution in [-0.4, -0.2) is 23.6 Å². The molecule has 6 nitrogen and oxygen atoms in total. The highest BCUT2D eigenvalue weighted by atomic mass is 32.2. The van der Waals surface area contributed by atoms with Crippen molar-refractivity contribution in [2.45, 2.75) is 11.4 Å². The summed E-state index contributed by atoms with van der Waals surface area (Å²) in [7, 11) is -3.55. The molecular formula is C11H12N4O2S2. The van der Waals surface area contributed by atoms with E-state index in [0.717, 1.165) is 5.56 Å². The number of aromatic nitrogens is 2. The minimum atomic E-state index is -3.55. The number of nitrogens with zero attached hydrogens (tertiary/aromatic N) is 1. The molecule has 2 aromatic rings.